The molecule has 0 aliphatic carbocycles. The fourth-order valence-corrected chi connectivity index (χ4v) is 6.03. The fraction of sp³-hybridized carbons (Fsp3) is 0.485. The molecule has 1 aromatic heterocycles. The molecule has 2 aliphatic heterocycles. The van der Waals surface area contributed by atoms with E-state index < -0.39 is 24.3 Å². The Hall–Kier alpha value is -4.11. The highest BCUT2D eigenvalue weighted by Gasteiger charge is 2.39. The predicted molar refractivity (Wildman–Crippen MR) is 167 cm³/mol. The number of aryl methyl sites for hydroxylation is 2. The summed E-state index contributed by atoms with van der Waals surface area (Å²) in [7, 11) is 2.14. The summed E-state index contributed by atoms with van der Waals surface area (Å²) >= 11 is 0. The second kappa shape index (κ2) is 16.3. The Morgan fingerprint density at radius 1 is 0.792 bits per heavy atom. The number of likely N-dealkylation sites (tertiary alicyclic amines) is 1. The fourth-order valence-electron chi connectivity index (χ4n) is 6.03. The maximum Gasteiger partial charge on any atom is 0.490 e. The number of para-hydroxylation sites is 1. The van der Waals surface area contributed by atoms with E-state index in [1.165, 1.54) is 34.9 Å². The van der Waals surface area contributed by atoms with Crippen molar-refractivity contribution in [2.75, 3.05) is 46.3 Å². The number of piperidine rings is 1. The zero-order chi connectivity index (χ0) is 35.8. The number of carboxylic acids is 2. The first kappa shape index (κ1) is 38.3. The second-order valence-corrected chi connectivity index (χ2v) is 11.9. The summed E-state index contributed by atoms with van der Waals surface area (Å²) in [4.78, 5) is 41.9. The van der Waals surface area contributed by atoms with E-state index in [-0.39, 0.29) is 5.91 Å². The Morgan fingerprint density at radius 3 is 1.88 bits per heavy atom. The lowest BCUT2D eigenvalue weighted by Gasteiger charge is -2.33. The SMILES string of the molecule is Cc1cccc(C)c1C1CCN(Cc2c(C(=O)N3CCCN(C)CC3)[nH]c3ccccc23)CC1.O=C(O)C(F)(F)F.O=C(O)C(F)(F)F. The van der Waals surface area contributed by atoms with Gasteiger partial charge in [0.2, 0.25) is 0 Å². The second-order valence-electron chi connectivity index (χ2n) is 11.9. The molecule has 2 aliphatic rings. The van der Waals surface area contributed by atoms with Gasteiger partial charge in [-0.25, -0.2) is 9.59 Å². The van der Waals surface area contributed by atoms with E-state index in [1.54, 1.807) is 5.56 Å². The summed E-state index contributed by atoms with van der Waals surface area (Å²) in [5.74, 6) is -4.72. The number of hydrogen-bond donors (Lipinski definition) is 3. The van der Waals surface area contributed by atoms with Crippen molar-refractivity contribution in [1.82, 2.24) is 19.7 Å². The maximum atomic E-state index is 13.7. The lowest BCUT2D eigenvalue weighted by atomic mass is 9.84. The quantitative estimate of drug-likeness (QED) is 0.280. The molecule has 0 radical (unpaired) electrons. The van der Waals surface area contributed by atoms with Gasteiger partial charge < -0.3 is 25.0 Å². The number of nitrogens with zero attached hydrogens (tertiary/aromatic N) is 3. The van der Waals surface area contributed by atoms with Crippen LogP contribution in [0.3, 0.4) is 0 Å². The van der Waals surface area contributed by atoms with E-state index in [0.717, 1.165) is 63.4 Å². The summed E-state index contributed by atoms with van der Waals surface area (Å²) in [6, 6.07) is 15.1. The van der Waals surface area contributed by atoms with Gasteiger partial charge in [0.05, 0.1) is 0 Å². The molecule has 2 aromatic carbocycles. The number of alkyl halides is 6. The summed E-state index contributed by atoms with van der Waals surface area (Å²) in [5, 5.41) is 15.4. The minimum Gasteiger partial charge on any atom is -0.475 e. The molecule has 3 aromatic rings. The molecule has 3 heterocycles. The number of hydrogen-bond acceptors (Lipinski definition) is 5. The zero-order valence-electron chi connectivity index (χ0n) is 26.9. The molecule has 3 N–H and O–H groups in total. The Morgan fingerprint density at radius 2 is 1.33 bits per heavy atom. The van der Waals surface area contributed by atoms with Crippen LogP contribution in [0.2, 0.25) is 0 Å². The van der Waals surface area contributed by atoms with Gasteiger partial charge in [-0.3, -0.25) is 9.69 Å². The van der Waals surface area contributed by atoms with Gasteiger partial charge in [-0.1, -0.05) is 36.4 Å². The number of H-pyrrole nitrogens is 1. The highest BCUT2D eigenvalue weighted by Crippen LogP contribution is 2.34. The van der Waals surface area contributed by atoms with Crippen molar-refractivity contribution in [2.24, 2.45) is 0 Å². The Bertz CT molecular complexity index is 1520. The molecule has 15 heteroatoms. The minimum absolute atomic E-state index is 0.159. The molecule has 9 nitrogen and oxygen atoms in total. The number of amides is 1. The van der Waals surface area contributed by atoms with Crippen molar-refractivity contribution in [1.29, 1.82) is 0 Å². The number of carboxylic acid groups (broad SMARTS) is 2. The number of benzene rings is 2. The van der Waals surface area contributed by atoms with Crippen LogP contribution in [-0.4, -0.2) is 106 Å². The molecule has 1 amide bonds. The van der Waals surface area contributed by atoms with Crippen molar-refractivity contribution in [3.05, 3.63) is 70.4 Å². The number of nitrogens with one attached hydrogen (secondary N) is 1. The molecule has 48 heavy (non-hydrogen) atoms. The van der Waals surface area contributed by atoms with E-state index in [2.05, 4.69) is 72.1 Å². The number of aromatic nitrogens is 1. The van der Waals surface area contributed by atoms with Crippen LogP contribution < -0.4 is 0 Å². The van der Waals surface area contributed by atoms with Crippen molar-refractivity contribution in [2.45, 2.75) is 57.9 Å². The van der Waals surface area contributed by atoms with Crippen molar-refractivity contribution in [3.63, 3.8) is 0 Å². The van der Waals surface area contributed by atoms with Crippen LogP contribution in [0.15, 0.2) is 42.5 Å². The number of rotatable bonds is 4. The number of fused-ring (bicyclic) bond motifs is 1. The third-order valence-electron chi connectivity index (χ3n) is 8.44. The third-order valence-corrected chi connectivity index (χ3v) is 8.44. The van der Waals surface area contributed by atoms with Crippen LogP contribution >= 0.6 is 0 Å². The molecular weight excluding hydrogens is 646 g/mol. The number of aromatic amines is 1. The number of halogens is 6. The average Bonchev–Trinajstić information content (AvgIpc) is 3.22. The van der Waals surface area contributed by atoms with Crippen LogP contribution in [0.1, 0.15) is 57.9 Å². The van der Waals surface area contributed by atoms with Crippen LogP contribution in [0.5, 0.6) is 0 Å². The van der Waals surface area contributed by atoms with Gasteiger partial charge in [0, 0.05) is 42.6 Å². The lowest BCUT2D eigenvalue weighted by molar-refractivity contribution is -0.193. The first-order valence-corrected chi connectivity index (χ1v) is 15.4. The maximum absolute atomic E-state index is 13.7. The molecule has 264 valence electrons. The normalized spacial score (nSPS) is 16.7. The van der Waals surface area contributed by atoms with Gasteiger partial charge in [-0.05, 0) is 88.5 Å². The van der Waals surface area contributed by atoms with E-state index in [0.29, 0.717) is 5.92 Å². The predicted octanol–water partition coefficient (Wildman–Crippen LogP) is 6.21. The summed E-state index contributed by atoms with van der Waals surface area (Å²) < 4.78 is 63.5. The van der Waals surface area contributed by atoms with E-state index in [4.69, 9.17) is 19.8 Å². The molecule has 0 spiro atoms. The molecular formula is C33H40F6N4O5. The molecule has 2 saturated heterocycles. The van der Waals surface area contributed by atoms with E-state index >= 15 is 0 Å². The highest BCUT2D eigenvalue weighted by molar-refractivity contribution is 6.01. The van der Waals surface area contributed by atoms with Crippen LogP contribution in [-0.2, 0) is 16.1 Å². The Labute approximate surface area is 274 Å². The number of aliphatic carboxylic acids is 2. The van der Waals surface area contributed by atoms with Gasteiger partial charge in [0.25, 0.3) is 5.91 Å². The standard InChI is InChI=1S/C29H38N4O.2C2HF3O2/c1-21-8-6-9-22(2)27(21)23-12-16-32(17-13-23)20-25-24-10-4-5-11-26(24)30-28(25)29(34)33-15-7-14-31(3)18-19-33;2*3-2(4,5)1(6)7/h4-6,8-11,23,30H,7,12-20H2,1-3H3;2*(H,6,7). The third kappa shape index (κ3) is 10.4. The lowest BCUT2D eigenvalue weighted by Crippen LogP contribution is -2.36. The summed E-state index contributed by atoms with van der Waals surface area (Å²) in [5.41, 5.74) is 7.43. The Kier molecular flexibility index (Phi) is 13.0. The molecule has 0 bridgehead atoms. The van der Waals surface area contributed by atoms with Gasteiger partial charge in [-0.2, -0.15) is 26.3 Å². The van der Waals surface area contributed by atoms with Gasteiger partial charge >= 0.3 is 24.3 Å². The molecule has 5 rings (SSSR count). The zero-order valence-corrected chi connectivity index (χ0v) is 26.9. The first-order chi connectivity index (χ1) is 22.4. The molecule has 0 unspecified atom stereocenters. The first-order valence-electron chi connectivity index (χ1n) is 15.4. The Balaban J connectivity index is 0.000000376. The van der Waals surface area contributed by atoms with E-state index in [1.807, 2.05) is 11.0 Å². The minimum atomic E-state index is -5.08. The molecule has 0 saturated carbocycles. The van der Waals surface area contributed by atoms with Crippen LogP contribution in [0, 0.1) is 13.8 Å². The van der Waals surface area contributed by atoms with Crippen molar-refractivity contribution in [3.8, 4) is 0 Å². The van der Waals surface area contributed by atoms with Gasteiger partial charge in [0.1, 0.15) is 5.69 Å². The van der Waals surface area contributed by atoms with Crippen molar-refractivity contribution >= 4 is 28.7 Å². The van der Waals surface area contributed by atoms with Crippen LogP contribution in [0.4, 0.5) is 26.3 Å². The van der Waals surface area contributed by atoms with Gasteiger partial charge in [-0.15, -0.1) is 0 Å². The summed E-state index contributed by atoms with van der Waals surface area (Å²) in [6.45, 7) is 11.1. The van der Waals surface area contributed by atoms with Crippen LogP contribution in [0.25, 0.3) is 10.9 Å². The number of carbonyl (C=O) groups excluding carboxylic acids is 1. The number of likely N-dealkylation sites (N-methyl/N-ethyl adjacent to an activating group) is 1. The average molecular weight is 687 g/mol. The number of carbonyl (C=O) groups is 3. The largest absolute Gasteiger partial charge is 0.490 e. The highest BCUT2D eigenvalue weighted by atomic mass is 19.4. The molecule has 0 atom stereocenters. The van der Waals surface area contributed by atoms with E-state index in [9.17, 15) is 31.1 Å². The topological polar surface area (TPSA) is 117 Å². The smallest absolute Gasteiger partial charge is 0.475 e. The molecule has 2 fully saturated rings. The monoisotopic (exact) mass is 686 g/mol. The van der Waals surface area contributed by atoms with Gasteiger partial charge in [0.15, 0.2) is 0 Å². The summed E-state index contributed by atoms with van der Waals surface area (Å²) in [6.07, 6.45) is -6.78. The van der Waals surface area contributed by atoms with Crippen molar-refractivity contribution < 1.29 is 50.9 Å².